The molecule has 2 fully saturated rings. The van der Waals surface area contributed by atoms with E-state index in [0.717, 1.165) is 35.2 Å². The van der Waals surface area contributed by atoms with E-state index in [1.54, 1.807) is 0 Å². The lowest BCUT2D eigenvalue weighted by Crippen LogP contribution is -2.38. The van der Waals surface area contributed by atoms with Crippen LogP contribution >= 0.6 is 23.8 Å². The molecule has 0 unspecified atom stereocenters. The van der Waals surface area contributed by atoms with Gasteiger partial charge in [-0.05, 0) is 79.9 Å². The highest BCUT2D eigenvalue weighted by Crippen LogP contribution is 2.43. The van der Waals surface area contributed by atoms with Gasteiger partial charge in [-0.2, -0.15) is 0 Å². The van der Waals surface area contributed by atoms with Crippen LogP contribution in [0.5, 0.6) is 0 Å². The molecule has 7 heteroatoms. The van der Waals surface area contributed by atoms with E-state index in [9.17, 15) is 0 Å². The third-order valence-electron chi connectivity index (χ3n) is 7.23. The summed E-state index contributed by atoms with van der Waals surface area (Å²) in [7, 11) is 2.11. The van der Waals surface area contributed by atoms with E-state index in [-0.39, 0.29) is 12.1 Å². The van der Waals surface area contributed by atoms with Crippen LogP contribution in [0.15, 0.2) is 54.7 Å². The Hall–Kier alpha value is -2.57. The maximum Gasteiger partial charge on any atom is 0.174 e. The Morgan fingerprint density at radius 1 is 1.06 bits per heavy atom. The second-order valence-electron chi connectivity index (χ2n) is 9.94. The zero-order chi connectivity index (χ0) is 24.0. The number of nitrogens with one attached hydrogen (secondary N) is 1. The van der Waals surface area contributed by atoms with Crippen molar-refractivity contribution < 1.29 is 0 Å². The van der Waals surface area contributed by atoms with Crippen LogP contribution in [0.4, 0.5) is 11.4 Å². The Kier molecular flexibility index (Phi) is 6.30. The van der Waals surface area contributed by atoms with Crippen LogP contribution in [0, 0.1) is 18.8 Å². The molecule has 3 aromatic rings. The maximum absolute atomic E-state index is 6.92. The number of hydrogen-bond donors (Lipinski definition) is 1. The molecule has 0 spiro atoms. The maximum atomic E-state index is 6.92. The highest BCUT2D eigenvalue weighted by Gasteiger charge is 2.42. The SMILES string of the molecule is Cc1ccc([C@@H]2[C@H](c3ccccn3)NC(=S)N2c2ccc(N3C[C@@H](C)C[C@H](C)C3)c(Cl)c2)n1C. The fourth-order valence-corrected chi connectivity index (χ4v) is 6.27. The number of aromatic nitrogens is 2. The number of halogens is 1. The number of anilines is 2. The molecule has 0 bridgehead atoms. The fourth-order valence-electron chi connectivity index (χ4n) is 5.63. The summed E-state index contributed by atoms with van der Waals surface area (Å²) in [6, 6.07) is 16.6. The minimum Gasteiger partial charge on any atom is -0.370 e. The van der Waals surface area contributed by atoms with Crippen molar-refractivity contribution in [2.45, 2.75) is 39.3 Å². The molecule has 0 aliphatic carbocycles. The van der Waals surface area contributed by atoms with Crippen molar-refractivity contribution in [1.82, 2.24) is 14.9 Å². The number of hydrogen-bond acceptors (Lipinski definition) is 3. The summed E-state index contributed by atoms with van der Waals surface area (Å²) in [5.41, 5.74) is 5.45. The minimum atomic E-state index is -0.0658. The summed E-state index contributed by atoms with van der Waals surface area (Å²) in [6.45, 7) is 8.85. The van der Waals surface area contributed by atoms with Gasteiger partial charge in [0.05, 0.1) is 22.4 Å². The Labute approximate surface area is 212 Å². The summed E-state index contributed by atoms with van der Waals surface area (Å²) < 4.78 is 2.23. The van der Waals surface area contributed by atoms with Gasteiger partial charge < -0.3 is 19.7 Å². The summed E-state index contributed by atoms with van der Waals surface area (Å²) in [5, 5.41) is 4.99. The van der Waals surface area contributed by atoms with Crippen LogP contribution in [0.1, 0.15) is 49.4 Å². The molecule has 2 saturated heterocycles. The van der Waals surface area contributed by atoms with E-state index < -0.39 is 0 Å². The van der Waals surface area contributed by atoms with Crippen molar-refractivity contribution in [3.8, 4) is 0 Å². The molecule has 2 aromatic heterocycles. The van der Waals surface area contributed by atoms with E-state index in [4.69, 9.17) is 23.8 Å². The average Bonchev–Trinajstić information content (AvgIpc) is 3.32. The second kappa shape index (κ2) is 9.23. The van der Waals surface area contributed by atoms with Crippen molar-refractivity contribution >= 4 is 40.3 Å². The number of aryl methyl sites for hydroxylation is 1. The Bertz CT molecular complexity index is 1180. The topological polar surface area (TPSA) is 36.3 Å². The first kappa shape index (κ1) is 23.2. The first-order valence-corrected chi connectivity index (χ1v) is 12.8. The van der Waals surface area contributed by atoms with Crippen molar-refractivity contribution in [3.63, 3.8) is 0 Å². The zero-order valence-electron chi connectivity index (χ0n) is 20.2. The summed E-state index contributed by atoms with van der Waals surface area (Å²) in [5.74, 6) is 1.33. The van der Waals surface area contributed by atoms with Crippen molar-refractivity contribution in [1.29, 1.82) is 0 Å². The number of nitrogens with zero attached hydrogens (tertiary/aromatic N) is 4. The molecule has 1 N–H and O–H groups in total. The van der Waals surface area contributed by atoms with Gasteiger partial charge in [-0.25, -0.2) is 0 Å². The standard InChI is InChI=1S/C27H32ClN5S/c1-17-13-18(2)16-32(15-17)23-11-9-20(14-21(23)28)33-26(24-10-8-19(3)31(24)4)25(30-27(33)34)22-7-5-6-12-29-22/h5-12,14,17-18,25-26H,13,15-16H2,1-4H3,(H,30,34)/t17-,18-,25-,26+/m0/s1. The van der Waals surface area contributed by atoms with Crippen LogP contribution in [0.25, 0.3) is 0 Å². The molecule has 0 amide bonds. The molecule has 5 rings (SSSR count). The molecular formula is C27H32ClN5S. The van der Waals surface area contributed by atoms with Gasteiger partial charge in [0.2, 0.25) is 0 Å². The predicted octanol–water partition coefficient (Wildman–Crippen LogP) is 6.04. The lowest BCUT2D eigenvalue weighted by atomic mass is 9.91. The van der Waals surface area contributed by atoms with Crippen LogP contribution in [0.2, 0.25) is 5.02 Å². The smallest absolute Gasteiger partial charge is 0.174 e. The Morgan fingerprint density at radius 2 is 1.82 bits per heavy atom. The molecule has 5 nitrogen and oxygen atoms in total. The zero-order valence-corrected chi connectivity index (χ0v) is 21.8. The normalized spacial score (nSPS) is 25.0. The van der Waals surface area contributed by atoms with Crippen LogP contribution in [-0.4, -0.2) is 27.8 Å². The van der Waals surface area contributed by atoms with Gasteiger partial charge in [0.15, 0.2) is 5.11 Å². The fraction of sp³-hybridized carbons (Fsp3) is 0.407. The molecule has 0 radical (unpaired) electrons. The van der Waals surface area contributed by atoms with E-state index >= 15 is 0 Å². The molecule has 2 aliphatic heterocycles. The molecule has 4 atom stereocenters. The third-order valence-corrected chi connectivity index (χ3v) is 7.85. The van der Waals surface area contributed by atoms with Gasteiger partial charge in [-0.1, -0.05) is 31.5 Å². The molecule has 2 aliphatic rings. The van der Waals surface area contributed by atoms with Crippen LogP contribution < -0.4 is 15.1 Å². The number of rotatable bonds is 4. The van der Waals surface area contributed by atoms with E-state index in [2.05, 4.69) is 88.9 Å². The number of piperidine rings is 1. The number of benzene rings is 1. The lowest BCUT2D eigenvalue weighted by molar-refractivity contribution is 0.357. The average molecular weight is 494 g/mol. The van der Waals surface area contributed by atoms with Crippen molar-refractivity contribution in [3.05, 3.63) is 76.8 Å². The molecule has 4 heterocycles. The van der Waals surface area contributed by atoms with Crippen LogP contribution in [-0.2, 0) is 7.05 Å². The van der Waals surface area contributed by atoms with Crippen molar-refractivity contribution in [2.75, 3.05) is 22.9 Å². The van der Waals surface area contributed by atoms with Crippen molar-refractivity contribution in [2.24, 2.45) is 18.9 Å². The highest BCUT2D eigenvalue weighted by molar-refractivity contribution is 7.80. The van der Waals surface area contributed by atoms with Gasteiger partial charge >= 0.3 is 0 Å². The molecule has 1 aromatic carbocycles. The first-order chi connectivity index (χ1) is 16.3. The molecule has 178 valence electrons. The Balaban J connectivity index is 1.54. The number of thiocarbonyl (C=S) groups is 1. The second-order valence-corrected chi connectivity index (χ2v) is 10.7. The van der Waals surface area contributed by atoms with Gasteiger partial charge in [-0.3, -0.25) is 4.98 Å². The Morgan fingerprint density at radius 3 is 2.44 bits per heavy atom. The molecule has 0 saturated carbocycles. The molecular weight excluding hydrogens is 462 g/mol. The summed E-state index contributed by atoms with van der Waals surface area (Å²) >= 11 is 12.8. The van der Waals surface area contributed by atoms with Gasteiger partial charge in [0.25, 0.3) is 0 Å². The lowest BCUT2D eigenvalue weighted by Gasteiger charge is -2.37. The largest absolute Gasteiger partial charge is 0.370 e. The third kappa shape index (κ3) is 4.18. The monoisotopic (exact) mass is 493 g/mol. The summed E-state index contributed by atoms with van der Waals surface area (Å²) in [4.78, 5) is 9.28. The highest BCUT2D eigenvalue weighted by atomic mass is 35.5. The molecule has 34 heavy (non-hydrogen) atoms. The predicted molar refractivity (Wildman–Crippen MR) is 145 cm³/mol. The van der Waals surface area contributed by atoms with E-state index in [1.807, 2.05) is 18.3 Å². The van der Waals surface area contributed by atoms with Gasteiger partial charge in [0.1, 0.15) is 6.04 Å². The van der Waals surface area contributed by atoms with E-state index in [0.29, 0.717) is 16.9 Å². The quantitative estimate of drug-likeness (QED) is 0.448. The van der Waals surface area contributed by atoms with Gasteiger partial charge in [-0.15, -0.1) is 0 Å². The minimum absolute atomic E-state index is 0.0435. The van der Waals surface area contributed by atoms with Gasteiger partial charge in [0, 0.05) is 43.4 Å². The summed E-state index contributed by atoms with van der Waals surface area (Å²) in [6.07, 6.45) is 3.11. The number of pyridine rings is 1. The van der Waals surface area contributed by atoms with E-state index in [1.165, 1.54) is 17.8 Å². The van der Waals surface area contributed by atoms with Crippen LogP contribution in [0.3, 0.4) is 0 Å². The first-order valence-electron chi connectivity index (χ1n) is 12.0.